The Morgan fingerprint density at radius 2 is 1.55 bits per heavy atom. The summed E-state index contributed by atoms with van der Waals surface area (Å²) in [6.07, 6.45) is -1.74. The molecule has 0 radical (unpaired) electrons. The van der Waals surface area contributed by atoms with Gasteiger partial charge >= 0.3 is 6.16 Å². The Kier molecular flexibility index (Phi) is 3.76. The van der Waals surface area contributed by atoms with Gasteiger partial charge in [0.15, 0.2) is 17.2 Å². The molecule has 114 valence electrons. The lowest BCUT2D eigenvalue weighted by Crippen LogP contribution is -2.09. The van der Waals surface area contributed by atoms with Crippen LogP contribution in [0.5, 0.6) is 28.7 Å². The first kappa shape index (κ1) is 15.0. The van der Waals surface area contributed by atoms with Crippen LogP contribution in [0, 0.1) is 0 Å². The highest BCUT2D eigenvalue weighted by molar-refractivity contribution is 6.13. The van der Waals surface area contributed by atoms with E-state index in [0.717, 1.165) is 30.3 Å². The lowest BCUT2D eigenvalue weighted by molar-refractivity contribution is 0.103. The van der Waals surface area contributed by atoms with E-state index in [1.807, 2.05) is 0 Å². The Balaban J connectivity index is 2.57. The summed E-state index contributed by atoms with van der Waals surface area (Å²) in [5, 5.41) is 46.4. The van der Waals surface area contributed by atoms with Gasteiger partial charge in [0.1, 0.15) is 17.1 Å². The summed E-state index contributed by atoms with van der Waals surface area (Å²) in [5.41, 5.74) is -0.642. The van der Waals surface area contributed by atoms with E-state index in [1.54, 1.807) is 0 Å². The summed E-state index contributed by atoms with van der Waals surface area (Å²) >= 11 is 0. The normalized spacial score (nSPS) is 10.2. The van der Waals surface area contributed by atoms with Gasteiger partial charge in [-0.15, -0.1) is 0 Å². The molecule has 5 N–H and O–H groups in total. The SMILES string of the molecule is O=C(O)Oc1cc(O)cc(O)c1C(=O)c1ccc(O)c(O)c1. The predicted molar refractivity (Wildman–Crippen MR) is 71.6 cm³/mol. The van der Waals surface area contributed by atoms with Gasteiger partial charge in [-0.1, -0.05) is 0 Å². The van der Waals surface area contributed by atoms with E-state index in [1.165, 1.54) is 0 Å². The number of hydrogen-bond acceptors (Lipinski definition) is 7. The molecule has 0 aromatic heterocycles. The maximum Gasteiger partial charge on any atom is 0.511 e. The molecule has 0 aliphatic carbocycles. The maximum atomic E-state index is 12.3. The van der Waals surface area contributed by atoms with Crippen molar-refractivity contribution in [2.45, 2.75) is 0 Å². The molecule has 2 rings (SSSR count). The molecule has 0 aliphatic rings. The molecular formula is C14H10O8. The van der Waals surface area contributed by atoms with Crippen LogP contribution in [-0.2, 0) is 0 Å². The quantitative estimate of drug-likeness (QED) is 0.250. The minimum absolute atomic E-state index is 0.133. The number of phenolic OH excluding ortho intramolecular Hbond substituents is 4. The van der Waals surface area contributed by atoms with Crippen molar-refractivity contribution in [3.05, 3.63) is 41.5 Å². The number of phenols is 4. The third kappa shape index (κ3) is 2.85. The Labute approximate surface area is 123 Å². The number of benzene rings is 2. The van der Waals surface area contributed by atoms with Crippen molar-refractivity contribution in [1.29, 1.82) is 0 Å². The Hall–Kier alpha value is -3.42. The van der Waals surface area contributed by atoms with Crippen LogP contribution in [-0.4, -0.2) is 37.5 Å². The Bertz CT molecular complexity index is 766. The molecule has 0 heterocycles. The van der Waals surface area contributed by atoms with Gasteiger partial charge in [0, 0.05) is 17.7 Å². The minimum Gasteiger partial charge on any atom is -0.508 e. The Morgan fingerprint density at radius 3 is 2.14 bits per heavy atom. The first-order chi connectivity index (χ1) is 10.3. The standard InChI is InChI=1S/C14H10O8/c15-7-4-10(18)12(11(5-7)22-14(20)21)13(19)6-1-2-8(16)9(17)3-6/h1-5,15-18H,(H,20,21). The van der Waals surface area contributed by atoms with Crippen molar-refractivity contribution >= 4 is 11.9 Å². The van der Waals surface area contributed by atoms with E-state index in [4.69, 9.17) is 5.11 Å². The second-order valence-electron chi connectivity index (χ2n) is 4.24. The molecule has 0 bridgehead atoms. The third-order valence-electron chi connectivity index (χ3n) is 2.73. The fraction of sp³-hybridized carbons (Fsp3) is 0. The molecule has 2 aromatic rings. The minimum atomic E-state index is -1.74. The average Bonchev–Trinajstić information content (AvgIpc) is 2.40. The van der Waals surface area contributed by atoms with Crippen LogP contribution in [0.4, 0.5) is 4.79 Å². The largest absolute Gasteiger partial charge is 0.511 e. The summed E-state index contributed by atoms with van der Waals surface area (Å²) in [6.45, 7) is 0. The summed E-state index contributed by atoms with van der Waals surface area (Å²) < 4.78 is 4.37. The van der Waals surface area contributed by atoms with Gasteiger partial charge in [0.2, 0.25) is 5.78 Å². The fourth-order valence-electron chi connectivity index (χ4n) is 1.80. The highest BCUT2D eigenvalue weighted by Gasteiger charge is 2.23. The maximum absolute atomic E-state index is 12.3. The van der Waals surface area contributed by atoms with E-state index >= 15 is 0 Å². The number of aromatic hydroxyl groups is 4. The van der Waals surface area contributed by atoms with Gasteiger partial charge in [-0.3, -0.25) is 4.79 Å². The van der Waals surface area contributed by atoms with E-state index in [0.29, 0.717) is 0 Å². The first-order valence-corrected chi connectivity index (χ1v) is 5.83. The fourth-order valence-corrected chi connectivity index (χ4v) is 1.80. The molecule has 22 heavy (non-hydrogen) atoms. The summed E-state index contributed by atoms with van der Waals surface area (Å²) in [4.78, 5) is 23.0. The molecular weight excluding hydrogens is 296 g/mol. The first-order valence-electron chi connectivity index (χ1n) is 5.83. The zero-order chi connectivity index (χ0) is 16.4. The van der Waals surface area contributed by atoms with Crippen molar-refractivity contribution < 1.29 is 39.9 Å². The van der Waals surface area contributed by atoms with Crippen LogP contribution in [0.3, 0.4) is 0 Å². The molecule has 0 saturated heterocycles. The van der Waals surface area contributed by atoms with E-state index in [9.17, 15) is 30.0 Å². The van der Waals surface area contributed by atoms with Crippen molar-refractivity contribution in [1.82, 2.24) is 0 Å². The topological polar surface area (TPSA) is 145 Å². The van der Waals surface area contributed by atoms with Gasteiger partial charge in [-0.2, -0.15) is 0 Å². The van der Waals surface area contributed by atoms with Crippen molar-refractivity contribution in [2.75, 3.05) is 0 Å². The zero-order valence-electron chi connectivity index (χ0n) is 10.8. The van der Waals surface area contributed by atoms with Crippen LogP contribution >= 0.6 is 0 Å². The highest BCUT2D eigenvalue weighted by Crippen LogP contribution is 2.36. The number of hydrogen-bond donors (Lipinski definition) is 5. The van der Waals surface area contributed by atoms with Crippen LogP contribution in [0.2, 0.25) is 0 Å². The monoisotopic (exact) mass is 306 g/mol. The van der Waals surface area contributed by atoms with Crippen LogP contribution in [0.1, 0.15) is 15.9 Å². The number of rotatable bonds is 3. The van der Waals surface area contributed by atoms with Gasteiger partial charge in [0.25, 0.3) is 0 Å². The Morgan fingerprint density at radius 1 is 0.864 bits per heavy atom. The van der Waals surface area contributed by atoms with E-state index in [-0.39, 0.29) is 5.56 Å². The molecule has 0 spiro atoms. The molecule has 0 saturated carbocycles. The third-order valence-corrected chi connectivity index (χ3v) is 2.73. The average molecular weight is 306 g/mol. The molecule has 2 aromatic carbocycles. The molecule has 0 unspecified atom stereocenters. The number of ketones is 1. The lowest BCUT2D eigenvalue weighted by atomic mass is 10.0. The van der Waals surface area contributed by atoms with Gasteiger partial charge in [0.05, 0.1) is 0 Å². The molecule has 8 heteroatoms. The lowest BCUT2D eigenvalue weighted by Gasteiger charge is -2.10. The predicted octanol–water partition coefficient (Wildman–Crippen LogP) is 1.80. The molecule has 0 atom stereocenters. The van der Waals surface area contributed by atoms with Crippen LogP contribution in [0.25, 0.3) is 0 Å². The van der Waals surface area contributed by atoms with Crippen molar-refractivity contribution in [2.24, 2.45) is 0 Å². The van der Waals surface area contributed by atoms with Crippen LogP contribution in [0.15, 0.2) is 30.3 Å². The number of ether oxygens (including phenoxy) is 1. The van der Waals surface area contributed by atoms with Gasteiger partial charge < -0.3 is 30.3 Å². The summed E-state index contributed by atoms with van der Waals surface area (Å²) in [7, 11) is 0. The smallest absolute Gasteiger partial charge is 0.508 e. The second-order valence-corrected chi connectivity index (χ2v) is 4.24. The molecule has 0 amide bonds. The van der Waals surface area contributed by atoms with Gasteiger partial charge in [-0.05, 0) is 18.2 Å². The number of carboxylic acid groups (broad SMARTS) is 1. The number of carbonyl (C=O) groups is 2. The molecule has 8 nitrogen and oxygen atoms in total. The molecule has 0 aliphatic heterocycles. The van der Waals surface area contributed by atoms with Crippen molar-refractivity contribution in [3.63, 3.8) is 0 Å². The molecule has 0 fully saturated rings. The van der Waals surface area contributed by atoms with Gasteiger partial charge in [-0.25, -0.2) is 4.79 Å². The second kappa shape index (κ2) is 5.52. The summed E-state index contributed by atoms with van der Waals surface area (Å²) in [5.74, 6) is -3.66. The van der Waals surface area contributed by atoms with Crippen LogP contribution < -0.4 is 4.74 Å². The number of carbonyl (C=O) groups excluding carboxylic acids is 1. The van der Waals surface area contributed by atoms with E-state index in [2.05, 4.69) is 4.74 Å². The zero-order valence-corrected chi connectivity index (χ0v) is 10.8. The van der Waals surface area contributed by atoms with E-state index < -0.39 is 46.2 Å². The highest BCUT2D eigenvalue weighted by atomic mass is 16.7. The summed E-state index contributed by atoms with van der Waals surface area (Å²) in [6, 6.07) is 4.84. The van der Waals surface area contributed by atoms with Crippen molar-refractivity contribution in [3.8, 4) is 28.7 Å².